The van der Waals surface area contributed by atoms with Crippen molar-refractivity contribution >= 4 is 0 Å². The smallest absolute Gasteiger partial charge is 0.115 e. The number of aromatic hydroxyl groups is 1. The molecule has 2 N–H and O–H groups in total. The number of hydrogen-bond acceptors (Lipinski definition) is 2. The Balaban J connectivity index is 1.89. The predicted molar refractivity (Wildman–Crippen MR) is 126 cm³/mol. The highest BCUT2D eigenvalue weighted by molar-refractivity contribution is 5.87. The first kappa shape index (κ1) is 19.8. The summed E-state index contributed by atoms with van der Waals surface area (Å²) in [7, 11) is 0. The van der Waals surface area contributed by atoms with E-state index in [-0.39, 0.29) is 5.75 Å². The minimum absolute atomic E-state index is 0.267. The zero-order valence-electron chi connectivity index (χ0n) is 18.1. The van der Waals surface area contributed by atoms with Crippen molar-refractivity contribution in [1.82, 2.24) is 0 Å². The molecule has 2 aliphatic rings. The van der Waals surface area contributed by atoms with Gasteiger partial charge in [-0.1, -0.05) is 80.6 Å². The van der Waals surface area contributed by atoms with Gasteiger partial charge in [0.1, 0.15) is 5.75 Å². The lowest BCUT2D eigenvalue weighted by Crippen LogP contribution is -2.30. The average Bonchev–Trinajstić information content (AvgIpc) is 3.10. The van der Waals surface area contributed by atoms with Gasteiger partial charge in [-0.25, -0.2) is 0 Å². The molecule has 156 valence electrons. The van der Waals surface area contributed by atoms with Crippen LogP contribution < -0.4 is 0 Å². The molecule has 2 heteroatoms. The normalized spacial score (nSPS) is 18.4. The number of phenolic OH excluding ortho intramolecular Hbond substituents is 1. The van der Waals surface area contributed by atoms with Gasteiger partial charge in [-0.3, -0.25) is 0 Å². The quantitative estimate of drug-likeness (QED) is 0.549. The van der Waals surface area contributed by atoms with Crippen molar-refractivity contribution in [2.24, 2.45) is 0 Å². The SMILES string of the molecule is CCc1ccc2c(c1)-c1cc(CC)ccc1C2(C1=CCC(O)C=C1)c1ccc(O)cc1. The van der Waals surface area contributed by atoms with E-state index in [0.717, 1.165) is 18.4 Å². The molecule has 0 fully saturated rings. The average molecular weight is 409 g/mol. The third kappa shape index (κ3) is 2.97. The molecule has 0 amide bonds. The molecular weight excluding hydrogens is 380 g/mol. The lowest BCUT2D eigenvalue weighted by molar-refractivity contribution is 0.224. The van der Waals surface area contributed by atoms with Gasteiger partial charge < -0.3 is 10.2 Å². The molecule has 0 aromatic heterocycles. The molecule has 0 bridgehead atoms. The van der Waals surface area contributed by atoms with Gasteiger partial charge in [0.2, 0.25) is 0 Å². The molecular formula is C29H28O2. The van der Waals surface area contributed by atoms with E-state index in [1.54, 1.807) is 12.1 Å². The molecule has 0 saturated carbocycles. The van der Waals surface area contributed by atoms with Crippen molar-refractivity contribution in [3.05, 3.63) is 112 Å². The van der Waals surface area contributed by atoms with E-state index in [1.807, 2.05) is 18.2 Å². The van der Waals surface area contributed by atoms with Crippen LogP contribution in [-0.4, -0.2) is 16.3 Å². The summed E-state index contributed by atoms with van der Waals surface area (Å²) >= 11 is 0. The first-order valence-electron chi connectivity index (χ1n) is 11.2. The van der Waals surface area contributed by atoms with E-state index < -0.39 is 11.5 Å². The largest absolute Gasteiger partial charge is 0.508 e. The van der Waals surface area contributed by atoms with Gasteiger partial charge in [0, 0.05) is 0 Å². The highest BCUT2D eigenvalue weighted by atomic mass is 16.3. The molecule has 0 spiro atoms. The van der Waals surface area contributed by atoms with Crippen LogP contribution in [0, 0.1) is 0 Å². The maximum atomic E-state index is 10.1. The second kappa shape index (κ2) is 7.55. The summed E-state index contributed by atoms with van der Waals surface area (Å²) in [6.07, 6.45) is 8.32. The van der Waals surface area contributed by atoms with Crippen LogP contribution in [0.25, 0.3) is 11.1 Å². The van der Waals surface area contributed by atoms with E-state index >= 15 is 0 Å². The van der Waals surface area contributed by atoms with Gasteiger partial charge >= 0.3 is 0 Å². The molecule has 1 unspecified atom stereocenters. The van der Waals surface area contributed by atoms with E-state index in [9.17, 15) is 10.2 Å². The van der Waals surface area contributed by atoms with Gasteiger partial charge in [-0.15, -0.1) is 0 Å². The maximum Gasteiger partial charge on any atom is 0.115 e. The lowest BCUT2D eigenvalue weighted by atomic mass is 9.66. The molecule has 0 radical (unpaired) electrons. The second-order valence-electron chi connectivity index (χ2n) is 8.59. The number of hydrogen-bond donors (Lipinski definition) is 2. The standard InChI is InChI=1S/C29H28O2/c1-3-19-5-15-27-25(17-19)26-18-20(4-2)6-16-28(26)29(27,21-7-11-23(30)12-8-21)22-9-13-24(31)14-10-22/h5-13,15-18,24,30-31H,3-4,14H2,1-2H3. The highest BCUT2D eigenvalue weighted by Crippen LogP contribution is 2.57. The lowest BCUT2D eigenvalue weighted by Gasteiger charge is -2.36. The highest BCUT2D eigenvalue weighted by Gasteiger charge is 2.47. The maximum absolute atomic E-state index is 10.1. The number of fused-ring (bicyclic) bond motifs is 3. The summed E-state index contributed by atoms with van der Waals surface area (Å²) in [4.78, 5) is 0. The number of allylic oxidation sites excluding steroid dienone is 2. The number of phenols is 1. The Morgan fingerprint density at radius 1 is 0.839 bits per heavy atom. The summed E-state index contributed by atoms with van der Waals surface area (Å²) < 4.78 is 0. The Morgan fingerprint density at radius 3 is 1.90 bits per heavy atom. The number of benzene rings is 3. The minimum atomic E-state index is -0.465. The summed E-state index contributed by atoms with van der Waals surface area (Å²) in [5.74, 6) is 0.267. The fourth-order valence-electron chi connectivity index (χ4n) is 5.25. The van der Waals surface area contributed by atoms with Crippen LogP contribution in [0.4, 0.5) is 0 Å². The van der Waals surface area contributed by atoms with Crippen molar-refractivity contribution in [2.45, 2.75) is 44.6 Å². The summed E-state index contributed by atoms with van der Waals surface area (Å²) in [5.41, 5.74) is 9.62. The Labute approximate surface area is 184 Å². The Morgan fingerprint density at radius 2 is 1.42 bits per heavy atom. The zero-order chi connectivity index (χ0) is 21.6. The second-order valence-corrected chi connectivity index (χ2v) is 8.59. The van der Waals surface area contributed by atoms with Crippen molar-refractivity contribution in [3.8, 4) is 16.9 Å². The van der Waals surface area contributed by atoms with Gasteiger partial charge in [0.25, 0.3) is 0 Å². The van der Waals surface area contributed by atoms with Crippen molar-refractivity contribution in [3.63, 3.8) is 0 Å². The molecule has 3 aromatic carbocycles. The van der Waals surface area contributed by atoms with Gasteiger partial charge in [-0.2, -0.15) is 0 Å². The molecule has 1 atom stereocenters. The molecule has 3 aromatic rings. The molecule has 2 nitrogen and oxygen atoms in total. The first-order chi connectivity index (χ1) is 15.1. The van der Waals surface area contributed by atoms with E-state index in [1.165, 1.54) is 39.0 Å². The minimum Gasteiger partial charge on any atom is -0.508 e. The molecule has 2 aliphatic carbocycles. The summed E-state index contributed by atoms with van der Waals surface area (Å²) in [6, 6.07) is 21.4. The molecule has 0 saturated heterocycles. The summed E-state index contributed by atoms with van der Waals surface area (Å²) in [5, 5.41) is 20.1. The van der Waals surface area contributed by atoms with Crippen LogP contribution in [0.5, 0.6) is 5.75 Å². The topological polar surface area (TPSA) is 40.5 Å². The van der Waals surface area contributed by atoms with Crippen LogP contribution in [-0.2, 0) is 18.3 Å². The van der Waals surface area contributed by atoms with E-state index in [4.69, 9.17) is 0 Å². The number of rotatable bonds is 4. The third-order valence-corrected chi connectivity index (χ3v) is 6.89. The number of aliphatic hydroxyl groups is 1. The fraction of sp³-hybridized carbons (Fsp3) is 0.241. The van der Waals surface area contributed by atoms with Crippen LogP contribution in [0.15, 0.2) is 84.5 Å². The number of aryl methyl sites for hydroxylation is 2. The zero-order valence-corrected chi connectivity index (χ0v) is 18.1. The van der Waals surface area contributed by atoms with Crippen molar-refractivity contribution < 1.29 is 10.2 Å². The van der Waals surface area contributed by atoms with E-state index in [2.05, 4.69) is 62.4 Å². The van der Waals surface area contributed by atoms with Crippen LogP contribution in [0.3, 0.4) is 0 Å². The Kier molecular flexibility index (Phi) is 4.83. The summed E-state index contributed by atoms with van der Waals surface area (Å²) in [6.45, 7) is 4.39. The fourth-order valence-corrected chi connectivity index (χ4v) is 5.25. The Hall–Kier alpha value is -3.10. The molecule has 0 heterocycles. The van der Waals surface area contributed by atoms with Gasteiger partial charge in [0.05, 0.1) is 11.5 Å². The van der Waals surface area contributed by atoms with Crippen molar-refractivity contribution in [1.29, 1.82) is 0 Å². The van der Waals surface area contributed by atoms with Gasteiger partial charge in [-0.05, 0) is 75.9 Å². The van der Waals surface area contributed by atoms with Gasteiger partial charge in [0.15, 0.2) is 0 Å². The monoisotopic (exact) mass is 408 g/mol. The van der Waals surface area contributed by atoms with Crippen LogP contribution >= 0.6 is 0 Å². The predicted octanol–water partition coefficient (Wildman–Crippen LogP) is 6.08. The molecule has 31 heavy (non-hydrogen) atoms. The van der Waals surface area contributed by atoms with E-state index in [0.29, 0.717) is 6.42 Å². The van der Waals surface area contributed by atoms with Crippen LogP contribution in [0.2, 0.25) is 0 Å². The number of aliphatic hydroxyl groups excluding tert-OH is 1. The third-order valence-electron chi connectivity index (χ3n) is 6.89. The molecule has 5 rings (SSSR count). The van der Waals surface area contributed by atoms with Crippen LogP contribution in [0.1, 0.15) is 48.1 Å². The van der Waals surface area contributed by atoms with Crippen molar-refractivity contribution in [2.75, 3.05) is 0 Å². The Bertz CT molecular complexity index is 1140. The first-order valence-corrected chi connectivity index (χ1v) is 11.2. The molecule has 0 aliphatic heterocycles.